The molecule has 11 nitrogen and oxygen atoms in total. The molecule has 0 aromatic heterocycles. The molecule has 2 aromatic rings. The van der Waals surface area contributed by atoms with Crippen molar-refractivity contribution in [2.24, 2.45) is 17.8 Å². The summed E-state index contributed by atoms with van der Waals surface area (Å²) in [5.41, 5.74) is 1.07. The van der Waals surface area contributed by atoms with Gasteiger partial charge in [-0.05, 0) is 75.3 Å². The molecule has 286 valence electrons. The molecule has 3 amide bonds. The van der Waals surface area contributed by atoms with Gasteiger partial charge in [-0.1, -0.05) is 56.3 Å². The van der Waals surface area contributed by atoms with Crippen molar-refractivity contribution in [3.8, 4) is 0 Å². The number of carbonyl (C=O) groups excluding carboxylic acids is 4. The van der Waals surface area contributed by atoms with E-state index in [1.54, 1.807) is 17.1 Å². The van der Waals surface area contributed by atoms with E-state index in [0.29, 0.717) is 36.9 Å². The molecule has 3 fully saturated rings. The third-order valence-corrected chi connectivity index (χ3v) is 10.9. The van der Waals surface area contributed by atoms with Crippen LogP contribution in [0.1, 0.15) is 71.5 Å². The Morgan fingerprint density at radius 2 is 1.74 bits per heavy atom. The van der Waals surface area contributed by atoms with E-state index in [1.165, 1.54) is 4.90 Å². The molecule has 0 radical (unpaired) electrons. The normalized spacial score (nSPS) is 24.0. The van der Waals surface area contributed by atoms with Crippen LogP contribution in [0.4, 0.5) is 11.4 Å². The molecule has 1 spiro atoms. The number of hydrogen-bond acceptors (Lipinski definition) is 8. The molecule has 3 heterocycles. The minimum Gasteiger partial charge on any atom is -0.455 e. The van der Waals surface area contributed by atoms with Crippen molar-refractivity contribution in [1.29, 1.82) is 0 Å². The van der Waals surface area contributed by atoms with E-state index < -0.39 is 53.6 Å². The van der Waals surface area contributed by atoms with E-state index in [-0.39, 0.29) is 43.8 Å². The number of aliphatic hydroxyl groups excluding tert-OH is 1. The van der Waals surface area contributed by atoms with Crippen molar-refractivity contribution in [2.45, 2.75) is 89.7 Å². The van der Waals surface area contributed by atoms with Gasteiger partial charge in [0.2, 0.25) is 11.8 Å². The number of benzene rings is 2. The summed E-state index contributed by atoms with van der Waals surface area (Å²) in [5.74, 6) is -3.40. The van der Waals surface area contributed by atoms with Gasteiger partial charge in [0.25, 0.3) is 5.91 Å². The number of carbonyl (C=O) groups is 4. The van der Waals surface area contributed by atoms with Gasteiger partial charge in [0.1, 0.15) is 17.7 Å². The maximum atomic E-state index is 15.1. The summed E-state index contributed by atoms with van der Waals surface area (Å²) in [6.07, 6.45) is 3.96. The second-order valence-electron chi connectivity index (χ2n) is 14.7. The second kappa shape index (κ2) is 17.6. The Morgan fingerprint density at radius 1 is 1.06 bits per heavy atom. The fourth-order valence-corrected chi connectivity index (χ4v) is 8.53. The predicted molar refractivity (Wildman–Crippen MR) is 205 cm³/mol. The van der Waals surface area contributed by atoms with E-state index in [4.69, 9.17) is 9.47 Å². The van der Waals surface area contributed by atoms with Crippen LogP contribution in [0.5, 0.6) is 0 Å². The Bertz CT molecular complexity index is 1610. The summed E-state index contributed by atoms with van der Waals surface area (Å²) in [6.45, 7) is 17.3. The molecule has 3 aliphatic heterocycles. The van der Waals surface area contributed by atoms with Crippen LogP contribution in [0.2, 0.25) is 0 Å². The van der Waals surface area contributed by atoms with Gasteiger partial charge in [0.05, 0.1) is 37.1 Å². The van der Waals surface area contributed by atoms with Crippen LogP contribution in [-0.2, 0) is 28.7 Å². The molecule has 2 aromatic carbocycles. The van der Waals surface area contributed by atoms with Crippen LogP contribution in [0.15, 0.2) is 79.9 Å². The number of ether oxygens (including phenoxy) is 2. The lowest BCUT2D eigenvalue weighted by Crippen LogP contribution is -2.59. The Labute approximate surface area is 314 Å². The monoisotopic (exact) mass is 728 g/mol. The van der Waals surface area contributed by atoms with E-state index in [1.807, 2.05) is 68.4 Å². The molecule has 0 saturated carbocycles. The fourth-order valence-electron chi connectivity index (χ4n) is 8.53. The van der Waals surface area contributed by atoms with Crippen LogP contribution >= 0.6 is 0 Å². The lowest BCUT2D eigenvalue weighted by atomic mass is 9.70. The van der Waals surface area contributed by atoms with Gasteiger partial charge in [-0.3, -0.25) is 19.2 Å². The van der Waals surface area contributed by atoms with Crippen LogP contribution in [0, 0.1) is 17.8 Å². The van der Waals surface area contributed by atoms with Gasteiger partial charge in [0.15, 0.2) is 0 Å². The largest absolute Gasteiger partial charge is 0.455 e. The zero-order valence-corrected chi connectivity index (χ0v) is 31.6. The highest BCUT2D eigenvalue weighted by atomic mass is 16.6. The van der Waals surface area contributed by atoms with Gasteiger partial charge in [-0.25, -0.2) is 0 Å². The number of amides is 3. The van der Waals surface area contributed by atoms with E-state index in [0.717, 1.165) is 18.8 Å². The number of esters is 1. The molecular weight excluding hydrogens is 672 g/mol. The van der Waals surface area contributed by atoms with Gasteiger partial charge in [-0.15, -0.1) is 13.2 Å². The van der Waals surface area contributed by atoms with Crippen LogP contribution in [0.25, 0.3) is 0 Å². The Kier molecular flexibility index (Phi) is 13.2. The first-order valence-electron chi connectivity index (χ1n) is 19.1. The van der Waals surface area contributed by atoms with Gasteiger partial charge in [0, 0.05) is 37.4 Å². The lowest BCUT2D eigenvalue weighted by Gasteiger charge is -2.39. The fraction of sp³-hybridized carbons (Fsp3) is 0.524. The van der Waals surface area contributed by atoms with Crippen LogP contribution in [0.3, 0.4) is 0 Å². The molecule has 0 aliphatic carbocycles. The molecule has 3 saturated heterocycles. The third-order valence-electron chi connectivity index (χ3n) is 10.9. The lowest BCUT2D eigenvalue weighted by molar-refractivity contribution is -0.161. The number of nitrogens with zero attached hydrogens (tertiary/aromatic N) is 3. The number of rotatable bonds is 19. The summed E-state index contributed by atoms with van der Waals surface area (Å²) >= 11 is 0. The number of fused-ring (bicyclic) bond motifs is 1. The Balaban J connectivity index is 1.50. The Morgan fingerprint density at radius 3 is 2.34 bits per heavy atom. The highest BCUT2D eigenvalue weighted by Crippen LogP contribution is 2.59. The first-order chi connectivity index (χ1) is 25.5. The van der Waals surface area contributed by atoms with E-state index in [9.17, 15) is 19.5 Å². The Hall–Kier alpha value is -4.48. The highest BCUT2D eigenvalue weighted by molar-refractivity contribution is 6.05. The van der Waals surface area contributed by atoms with Crippen molar-refractivity contribution in [3.63, 3.8) is 0 Å². The number of nitrogens with one attached hydrogen (secondary N) is 1. The number of hydrogen-bond donors (Lipinski definition) is 2. The highest BCUT2D eigenvalue weighted by Gasteiger charge is 2.75. The molecule has 5 rings (SSSR count). The quantitative estimate of drug-likeness (QED) is 0.149. The molecule has 0 unspecified atom stereocenters. The summed E-state index contributed by atoms with van der Waals surface area (Å²) in [4.78, 5) is 62.1. The topological polar surface area (TPSA) is 129 Å². The summed E-state index contributed by atoms with van der Waals surface area (Å²) in [7, 11) is 0. The van der Waals surface area contributed by atoms with Gasteiger partial charge < -0.3 is 34.6 Å². The molecule has 11 heteroatoms. The minimum atomic E-state index is -1.30. The van der Waals surface area contributed by atoms with Crippen molar-refractivity contribution < 1.29 is 33.8 Å². The smallest absolute Gasteiger partial charge is 0.313 e. The minimum absolute atomic E-state index is 0.0471. The average molecular weight is 729 g/mol. The van der Waals surface area contributed by atoms with Gasteiger partial charge in [-0.2, -0.15) is 0 Å². The van der Waals surface area contributed by atoms with Crippen LogP contribution < -0.4 is 15.1 Å². The molecule has 7 atom stereocenters. The molecule has 3 aliphatic rings. The molecular formula is C42H56N4O7. The summed E-state index contributed by atoms with van der Waals surface area (Å²) in [5, 5.41) is 13.6. The van der Waals surface area contributed by atoms with E-state index >= 15 is 4.79 Å². The number of likely N-dealkylation sites (tertiary alicyclic amines) is 1. The SMILES string of the molecule is C=CCCC(=O)NC[C@H](OC(=O)[C@@H]1[C@H]2C(=O)N([C@@H](CO)CC(C)C)[C@H](C(=O)N(CC=C)c3ccc(N(CC)CC)cc3)[C@]23CC[C@H]1O3)c1ccccc1. The summed E-state index contributed by atoms with van der Waals surface area (Å²) in [6, 6.07) is 15.2. The zero-order valence-electron chi connectivity index (χ0n) is 31.6. The third kappa shape index (κ3) is 8.06. The van der Waals surface area contributed by atoms with E-state index in [2.05, 4.69) is 37.2 Å². The molecule has 53 heavy (non-hydrogen) atoms. The number of anilines is 2. The zero-order chi connectivity index (χ0) is 38.3. The first kappa shape index (κ1) is 39.7. The predicted octanol–water partition coefficient (Wildman–Crippen LogP) is 5.20. The van der Waals surface area contributed by atoms with Crippen molar-refractivity contribution in [2.75, 3.05) is 42.6 Å². The van der Waals surface area contributed by atoms with Crippen molar-refractivity contribution in [3.05, 3.63) is 85.5 Å². The number of allylic oxidation sites excluding steroid dienone is 1. The number of aliphatic hydroxyl groups is 1. The second-order valence-corrected chi connectivity index (χ2v) is 14.7. The molecule has 2 N–H and O–H groups in total. The standard InChI is InChI=1S/C42H56N4O7/c1-7-11-17-35(48)43-26-34(29-15-13-12-14-16-29)52-41(51)36-33-22-23-42(53-33)37(36)39(49)46(32(27-47)25-28(5)6)38(42)40(50)45(24-8-2)31-20-18-30(19-21-31)44(9-3)10-4/h7-8,12-16,18-21,28,32-34,36-38,47H,1-2,9-11,17,22-27H2,3-6H3,(H,43,48)/t32-,33-,34+,36+,37+,38-,42+/m1/s1. The maximum Gasteiger partial charge on any atom is 0.313 e. The van der Waals surface area contributed by atoms with Gasteiger partial charge >= 0.3 is 5.97 Å². The first-order valence-corrected chi connectivity index (χ1v) is 19.1. The average Bonchev–Trinajstić information content (AvgIpc) is 3.81. The maximum absolute atomic E-state index is 15.1. The van der Waals surface area contributed by atoms with Crippen LogP contribution in [-0.4, -0.2) is 90.3 Å². The van der Waals surface area contributed by atoms with Crippen molar-refractivity contribution in [1.82, 2.24) is 10.2 Å². The summed E-state index contributed by atoms with van der Waals surface area (Å²) < 4.78 is 12.9. The molecule has 2 bridgehead atoms. The van der Waals surface area contributed by atoms with Crippen molar-refractivity contribution >= 4 is 35.1 Å².